The molecular weight excluding hydrogens is 406 g/mol. The normalized spacial score (nSPS) is 10.6. The van der Waals surface area contributed by atoms with Crippen LogP contribution in [0.15, 0.2) is 52.9 Å². The monoisotopic (exact) mass is 427 g/mol. The molecule has 0 atom stereocenters. The summed E-state index contributed by atoms with van der Waals surface area (Å²) in [6.07, 6.45) is 1.60. The Morgan fingerprint density at radius 3 is 2.73 bits per heavy atom. The van der Waals surface area contributed by atoms with Crippen molar-refractivity contribution in [3.63, 3.8) is 0 Å². The van der Waals surface area contributed by atoms with Gasteiger partial charge in [0.2, 0.25) is 5.13 Å². The Morgan fingerprint density at radius 2 is 2.03 bits per heavy atom. The Morgan fingerprint density at radius 1 is 1.23 bits per heavy atom. The fourth-order valence-electron chi connectivity index (χ4n) is 2.29. The molecule has 0 bridgehead atoms. The molecule has 0 aliphatic heterocycles. The maximum Gasteiger partial charge on any atom is 0.369 e. The topological polar surface area (TPSA) is 120 Å². The molecule has 3 rings (SSSR count). The van der Waals surface area contributed by atoms with E-state index in [0.29, 0.717) is 28.1 Å². The zero-order chi connectivity index (χ0) is 21.3. The van der Waals surface area contributed by atoms with Gasteiger partial charge >= 0.3 is 5.97 Å². The first-order valence-corrected chi connectivity index (χ1v) is 9.75. The van der Waals surface area contributed by atoms with Crippen LogP contribution in [0.25, 0.3) is 0 Å². The lowest BCUT2D eigenvalue weighted by Gasteiger charge is -2.11. The summed E-state index contributed by atoms with van der Waals surface area (Å²) in [4.78, 5) is 20.9. The van der Waals surface area contributed by atoms with E-state index in [1.165, 1.54) is 18.4 Å². The molecule has 0 aliphatic carbocycles. The zero-order valence-electron chi connectivity index (χ0n) is 16.4. The first-order chi connectivity index (χ1) is 14.5. The Balaban J connectivity index is 1.51. The summed E-state index contributed by atoms with van der Waals surface area (Å²) < 4.78 is 10.8. The molecule has 0 unspecified atom stereocenters. The summed E-state index contributed by atoms with van der Waals surface area (Å²) in [5, 5.41) is 6.41. The van der Waals surface area contributed by atoms with Gasteiger partial charge in [-0.1, -0.05) is 17.7 Å². The van der Waals surface area contributed by atoms with Crippen LogP contribution in [0.4, 0.5) is 16.6 Å². The van der Waals surface area contributed by atoms with E-state index in [9.17, 15) is 4.79 Å². The van der Waals surface area contributed by atoms with Gasteiger partial charge in [-0.25, -0.2) is 15.3 Å². The number of carbonyl (C=O) groups excluding carboxylic acids is 1. The van der Waals surface area contributed by atoms with Gasteiger partial charge in [0, 0.05) is 5.38 Å². The molecule has 156 valence electrons. The highest BCUT2D eigenvalue weighted by molar-refractivity contribution is 7.14. The largest absolute Gasteiger partial charge is 0.493 e. The third kappa shape index (κ3) is 6.11. The number of aromatic nitrogens is 1. The maximum atomic E-state index is 11.9. The van der Waals surface area contributed by atoms with Gasteiger partial charge in [0.1, 0.15) is 5.82 Å². The van der Waals surface area contributed by atoms with Crippen LogP contribution in [-0.4, -0.2) is 30.9 Å². The minimum atomic E-state index is -0.574. The lowest BCUT2D eigenvalue weighted by molar-refractivity contribution is -0.143. The molecule has 4 N–H and O–H groups in total. The van der Waals surface area contributed by atoms with Gasteiger partial charge in [0.15, 0.2) is 18.1 Å². The lowest BCUT2D eigenvalue weighted by Crippen LogP contribution is -2.18. The van der Waals surface area contributed by atoms with E-state index < -0.39 is 5.97 Å². The van der Waals surface area contributed by atoms with E-state index in [-0.39, 0.29) is 6.61 Å². The summed E-state index contributed by atoms with van der Waals surface area (Å²) in [5.41, 5.74) is 13.5. The quantitative estimate of drug-likeness (QED) is 0.351. The number of carbonyl (C=O) groups is 1. The number of methoxy groups -OCH3 is 1. The van der Waals surface area contributed by atoms with Gasteiger partial charge in [-0.3, -0.25) is 5.43 Å². The zero-order valence-corrected chi connectivity index (χ0v) is 17.2. The smallest absolute Gasteiger partial charge is 0.369 e. The summed E-state index contributed by atoms with van der Waals surface area (Å²) >= 11 is 1.35. The minimum absolute atomic E-state index is 0.282. The van der Waals surface area contributed by atoms with Crippen LogP contribution in [-0.2, 0) is 9.63 Å². The van der Waals surface area contributed by atoms with Crippen molar-refractivity contribution in [3.05, 3.63) is 59.0 Å². The number of nitrogens with two attached hydrogens (primary N) is 1. The molecule has 0 fully saturated rings. The number of ether oxygens (including phenoxy) is 2. The summed E-state index contributed by atoms with van der Waals surface area (Å²) in [7, 11) is 1.51. The summed E-state index contributed by atoms with van der Waals surface area (Å²) in [6.45, 7) is 1.69. The van der Waals surface area contributed by atoms with Crippen molar-refractivity contribution in [2.45, 2.75) is 6.92 Å². The molecular formula is C20H21N5O4S. The van der Waals surface area contributed by atoms with Crippen LogP contribution in [0.2, 0.25) is 0 Å². The molecule has 0 aliphatic rings. The van der Waals surface area contributed by atoms with Crippen LogP contribution in [0.1, 0.15) is 11.1 Å². The van der Waals surface area contributed by atoms with E-state index in [2.05, 4.69) is 21.0 Å². The van der Waals surface area contributed by atoms with E-state index in [1.54, 1.807) is 29.8 Å². The SMILES string of the molecule is COc1cc(C=NNc2nc(N)cs2)ccc1OCC(=O)ONc1ccc(C)cc1. The summed E-state index contributed by atoms with van der Waals surface area (Å²) in [6, 6.07) is 12.6. The number of nitrogens with one attached hydrogen (secondary N) is 2. The van der Waals surface area contributed by atoms with E-state index in [1.807, 2.05) is 31.2 Å². The molecule has 0 amide bonds. The van der Waals surface area contributed by atoms with Crippen molar-refractivity contribution in [3.8, 4) is 11.5 Å². The Kier molecular flexibility index (Phi) is 7.06. The van der Waals surface area contributed by atoms with Gasteiger partial charge in [-0.05, 0) is 42.8 Å². The second-order valence-corrected chi connectivity index (χ2v) is 6.95. The molecule has 2 aromatic carbocycles. The fraction of sp³-hybridized carbons (Fsp3) is 0.150. The number of aryl methyl sites for hydroxylation is 1. The highest BCUT2D eigenvalue weighted by Gasteiger charge is 2.10. The van der Waals surface area contributed by atoms with Crippen LogP contribution < -0.4 is 26.1 Å². The first kappa shape index (κ1) is 20.9. The second-order valence-electron chi connectivity index (χ2n) is 6.09. The highest BCUT2D eigenvalue weighted by Crippen LogP contribution is 2.27. The third-order valence-electron chi connectivity index (χ3n) is 3.76. The predicted octanol–water partition coefficient (Wildman–Crippen LogP) is 3.44. The van der Waals surface area contributed by atoms with E-state index >= 15 is 0 Å². The molecule has 0 saturated heterocycles. The van der Waals surface area contributed by atoms with Crippen LogP contribution in [0, 0.1) is 6.92 Å². The van der Waals surface area contributed by atoms with Gasteiger partial charge in [0.05, 0.1) is 19.0 Å². The molecule has 0 spiro atoms. The Hall–Kier alpha value is -3.79. The second kappa shape index (κ2) is 10.1. The number of hydrazone groups is 1. The molecule has 1 heterocycles. The average Bonchev–Trinajstić information content (AvgIpc) is 3.17. The average molecular weight is 427 g/mol. The van der Waals surface area contributed by atoms with E-state index in [4.69, 9.17) is 20.0 Å². The van der Waals surface area contributed by atoms with Crippen LogP contribution >= 0.6 is 11.3 Å². The van der Waals surface area contributed by atoms with Crippen LogP contribution in [0.5, 0.6) is 11.5 Å². The molecule has 0 saturated carbocycles. The van der Waals surface area contributed by atoms with Crippen molar-refractivity contribution >= 4 is 40.2 Å². The van der Waals surface area contributed by atoms with E-state index in [0.717, 1.165) is 11.1 Å². The number of anilines is 3. The fourth-order valence-corrected chi connectivity index (χ4v) is 2.84. The first-order valence-electron chi connectivity index (χ1n) is 8.87. The number of nitrogen functional groups attached to an aromatic ring is 1. The van der Waals surface area contributed by atoms with Gasteiger partial charge < -0.3 is 20.0 Å². The number of nitrogens with zero attached hydrogens (tertiary/aromatic N) is 2. The number of thiazole rings is 1. The van der Waals surface area contributed by atoms with Crippen LogP contribution in [0.3, 0.4) is 0 Å². The Bertz CT molecular complexity index is 1020. The lowest BCUT2D eigenvalue weighted by atomic mass is 10.2. The molecule has 0 radical (unpaired) electrons. The molecule has 9 nitrogen and oxygen atoms in total. The molecule has 30 heavy (non-hydrogen) atoms. The third-order valence-corrected chi connectivity index (χ3v) is 4.53. The van der Waals surface area contributed by atoms with Gasteiger partial charge in [-0.2, -0.15) is 5.10 Å². The highest BCUT2D eigenvalue weighted by atomic mass is 32.1. The number of rotatable bonds is 9. The molecule has 1 aromatic heterocycles. The standard InChI is InChI=1S/C20H21N5O4S/c1-13-3-6-15(7-4-13)25-29-19(26)11-28-16-8-5-14(9-17(16)27-2)10-22-24-20-23-18(21)12-30-20/h3-10,12,25H,11,21H2,1-2H3,(H,23,24). The van der Waals surface area contributed by atoms with Gasteiger partial charge in [0.25, 0.3) is 0 Å². The predicted molar refractivity (Wildman–Crippen MR) is 117 cm³/mol. The number of hydrogen-bond acceptors (Lipinski definition) is 10. The molecule has 10 heteroatoms. The van der Waals surface area contributed by atoms with Crippen molar-refractivity contribution in [2.24, 2.45) is 5.10 Å². The number of hydrogen-bond donors (Lipinski definition) is 3. The maximum absolute atomic E-state index is 11.9. The van der Waals surface area contributed by atoms with Crippen molar-refractivity contribution in [1.82, 2.24) is 4.98 Å². The van der Waals surface area contributed by atoms with Crippen molar-refractivity contribution < 1.29 is 19.1 Å². The summed E-state index contributed by atoms with van der Waals surface area (Å²) in [5.74, 6) is 0.725. The van der Waals surface area contributed by atoms with Crippen molar-refractivity contribution in [2.75, 3.05) is 30.4 Å². The minimum Gasteiger partial charge on any atom is -0.493 e. The Labute approximate surface area is 177 Å². The number of benzene rings is 2. The molecule has 3 aromatic rings. The van der Waals surface area contributed by atoms with Gasteiger partial charge in [-0.15, -0.1) is 11.3 Å². The van der Waals surface area contributed by atoms with Crippen molar-refractivity contribution in [1.29, 1.82) is 0 Å².